The van der Waals surface area contributed by atoms with Crippen molar-refractivity contribution in [2.45, 2.75) is 6.92 Å². The molecule has 7 nitrogen and oxygen atoms in total. The Balaban J connectivity index is 1.56. The van der Waals surface area contributed by atoms with Gasteiger partial charge in [0, 0.05) is 36.8 Å². The zero-order chi connectivity index (χ0) is 19.9. The highest BCUT2D eigenvalue weighted by atomic mass is 16.5. The van der Waals surface area contributed by atoms with Gasteiger partial charge in [-0.3, -0.25) is 14.4 Å². The van der Waals surface area contributed by atoms with Gasteiger partial charge in [-0.1, -0.05) is 6.07 Å². The first-order valence-electron chi connectivity index (χ1n) is 9.05. The summed E-state index contributed by atoms with van der Waals surface area (Å²) in [5.41, 5.74) is 1.89. The monoisotopic (exact) mass is 382 g/mol. The zero-order valence-corrected chi connectivity index (χ0v) is 15.6. The van der Waals surface area contributed by atoms with Crippen LogP contribution in [0.2, 0.25) is 0 Å². The Hall–Kier alpha value is -3.19. The van der Waals surface area contributed by atoms with E-state index in [0.717, 1.165) is 18.8 Å². The third kappa shape index (κ3) is 5.17. The average molecular weight is 382 g/mol. The molecule has 1 fully saturated rings. The lowest BCUT2D eigenvalue weighted by Crippen LogP contribution is -2.36. The van der Waals surface area contributed by atoms with Crippen molar-refractivity contribution in [3.05, 3.63) is 59.7 Å². The standard InChI is InChI=1S/C21H22N2O5/c1-15(24)28-19-4-2-3-17(13-19)21(26)22-14-20(25)16-5-7-18(8-6-16)23-9-11-27-12-10-23/h2-8,13H,9-12,14H2,1H3,(H,22,26). The van der Waals surface area contributed by atoms with Gasteiger partial charge in [0.15, 0.2) is 5.78 Å². The maximum Gasteiger partial charge on any atom is 0.308 e. The Labute approximate surface area is 163 Å². The maximum absolute atomic E-state index is 12.4. The van der Waals surface area contributed by atoms with Crippen molar-refractivity contribution >= 4 is 23.3 Å². The van der Waals surface area contributed by atoms with Crippen molar-refractivity contribution in [2.24, 2.45) is 0 Å². The summed E-state index contributed by atoms with van der Waals surface area (Å²) in [7, 11) is 0. The van der Waals surface area contributed by atoms with Crippen LogP contribution in [0.15, 0.2) is 48.5 Å². The van der Waals surface area contributed by atoms with Gasteiger partial charge >= 0.3 is 5.97 Å². The molecule has 1 aliphatic rings. The number of hydrogen-bond acceptors (Lipinski definition) is 6. The van der Waals surface area contributed by atoms with Crippen LogP contribution in [0.25, 0.3) is 0 Å². The molecule has 0 aliphatic carbocycles. The minimum absolute atomic E-state index is 0.118. The predicted octanol–water partition coefficient (Wildman–Crippen LogP) is 2.06. The molecule has 0 bridgehead atoms. The summed E-state index contributed by atoms with van der Waals surface area (Å²) in [5.74, 6) is -0.774. The first-order valence-corrected chi connectivity index (χ1v) is 9.05. The van der Waals surface area contributed by atoms with Gasteiger partial charge in [0.1, 0.15) is 5.75 Å². The third-order valence-electron chi connectivity index (χ3n) is 4.33. The molecule has 0 unspecified atom stereocenters. The minimum atomic E-state index is -0.465. The topological polar surface area (TPSA) is 84.9 Å². The first kappa shape index (κ1) is 19.6. The SMILES string of the molecule is CC(=O)Oc1cccc(C(=O)NCC(=O)c2ccc(N3CCOCC3)cc2)c1. The molecule has 146 valence electrons. The largest absolute Gasteiger partial charge is 0.427 e. The van der Waals surface area contributed by atoms with Crippen molar-refractivity contribution in [3.8, 4) is 5.75 Å². The van der Waals surface area contributed by atoms with Crippen LogP contribution in [0, 0.1) is 0 Å². The number of nitrogens with zero attached hydrogens (tertiary/aromatic N) is 1. The van der Waals surface area contributed by atoms with Gasteiger partial charge in [-0.15, -0.1) is 0 Å². The van der Waals surface area contributed by atoms with E-state index in [1.807, 2.05) is 12.1 Å². The molecule has 2 aromatic carbocycles. The lowest BCUT2D eigenvalue weighted by molar-refractivity contribution is -0.131. The molecule has 0 aromatic heterocycles. The molecule has 0 radical (unpaired) electrons. The van der Waals surface area contributed by atoms with Crippen LogP contribution in [0.5, 0.6) is 5.75 Å². The number of anilines is 1. The number of nitrogens with one attached hydrogen (secondary N) is 1. The fourth-order valence-electron chi connectivity index (χ4n) is 2.91. The summed E-state index contributed by atoms with van der Waals surface area (Å²) in [4.78, 5) is 37.8. The molecule has 0 spiro atoms. The number of carbonyl (C=O) groups is 3. The Kier molecular flexibility index (Phi) is 6.39. The van der Waals surface area contributed by atoms with E-state index in [0.29, 0.717) is 24.3 Å². The second kappa shape index (κ2) is 9.14. The molecule has 7 heteroatoms. The second-order valence-corrected chi connectivity index (χ2v) is 6.37. The second-order valence-electron chi connectivity index (χ2n) is 6.37. The Morgan fingerprint density at radius 3 is 2.43 bits per heavy atom. The van der Waals surface area contributed by atoms with Gasteiger partial charge in [-0.05, 0) is 42.5 Å². The summed E-state index contributed by atoms with van der Waals surface area (Å²) in [6.07, 6.45) is 0. The van der Waals surface area contributed by atoms with E-state index in [2.05, 4.69) is 10.2 Å². The van der Waals surface area contributed by atoms with Gasteiger partial charge in [-0.25, -0.2) is 0 Å². The number of esters is 1. The van der Waals surface area contributed by atoms with Gasteiger partial charge < -0.3 is 19.7 Å². The molecule has 1 aliphatic heterocycles. The molecule has 1 saturated heterocycles. The van der Waals surface area contributed by atoms with E-state index in [-0.39, 0.29) is 18.1 Å². The van der Waals surface area contributed by atoms with Crippen molar-refractivity contribution < 1.29 is 23.9 Å². The number of benzene rings is 2. The van der Waals surface area contributed by atoms with Crippen LogP contribution in [0.1, 0.15) is 27.6 Å². The fourth-order valence-corrected chi connectivity index (χ4v) is 2.91. The van der Waals surface area contributed by atoms with Crippen molar-refractivity contribution in [1.82, 2.24) is 5.32 Å². The minimum Gasteiger partial charge on any atom is -0.427 e. The quantitative estimate of drug-likeness (QED) is 0.468. The predicted molar refractivity (Wildman–Crippen MR) is 104 cm³/mol. The summed E-state index contributed by atoms with van der Waals surface area (Å²) in [5, 5.41) is 2.60. The lowest BCUT2D eigenvalue weighted by atomic mass is 10.1. The Morgan fingerprint density at radius 2 is 1.75 bits per heavy atom. The molecule has 2 aromatic rings. The molecule has 28 heavy (non-hydrogen) atoms. The smallest absolute Gasteiger partial charge is 0.308 e. The van der Waals surface area contributed by atoms with Crippen LogP contribution in [0.3, 0.4) is 0 Å². The van der Waals surface area contributed by atoms with E-state index >= 15 is 0 Å². The van der Waals surface area contributed by atoms with Crippen LogP contribution in [-0.4, -0.2) is 50.5 Å². The molecule has 1 N–H and O–H groups in total. The highest BCUT2D eigenvalue weighted by Crippen LogP contribution is 2.17. The van der Waals surface area contributed by atoms with E-state index < -0.39 is 11.9 Å². The molecule has 1 heterocycles. The van der Waals surface area contributed by atoms with Gasteiger partial charge in [0.2, 0.25) is 0 Å². The van der Waals surface area contributed by atoms with Crippen LogP contribution in [0.4, 0.5) is 5.69 Å². The summed E-state index contributed by atoms with van der Waals surface area (Å²) < 4.78 is 10.3. The Morgan fingerprint density at radius 1 is 1.04 bits per heavy atom. The number of hydrogen-bond donors (Lipinski definition) is 1. The molecule has 3 rings (SSSR count). The number of ketones is 1. The third-order valence-corrected chi connectivity index (χ3v) is 4.33. The zero-order valence-electron chi connectivity index (χ0n) is 15.6. The molecule has 0 saturated carbocycles. The maximum atomic E-state index is 12.4. The van der Waals surface area contributed by atoms with Crippen LogP contribution in [-0.2, 0) is 9.53 Å². The summed E-state index contributed by atoms with van der Waals surface area (Å²) in [6.45, 7) is 4.23. The van der Waals surface area contributed by atoms with E-state index in [1.165, 1.54) is 13.0 Å². The summed E-state index contributed by atoms with van der Waals surface area (Å²) >= 11 is 0. The van der Waals surface area contributed by atoms with Gasteiger partial charge in [0.05, 0.1) is 19.8 Å². The summed E-state index contributed by atoms with van der Waals surface area (Å²) in [6, 6.07) is 13.6. The normalized spacial score (nSPS) is 13.7. The average Bonchev–Trinajstić information content (AvgIpc) is 2.72. The van der Waals surface area contributed by atoms with Crippen molar-refractivity contribution in [3.63, 3.8) is 0 Å². The van der Waals surface area contributed by atoms with Gasteiger partial charge in [-0.2, -0.15) is 0 Å². The van der Waals surface area contributed by atoms with Crippen LogP contribution >= 0.6 is 0 Å². The number of morpholine rings is 1. The van der Waals surface area contributed by atoms with E-state index in [4.69, 9.17) is 9.47 Å². The number of Topliss-reactive ketones (excluding diaryl/α,β-unsaturated/α-hetero) is 1. The molecular weight excluding hydrogens is 360 g/mol. The molecule has 1 amide bonds. The van der Waals surface area contributed by atoms with Crippen LogP contribution < -0.4 is 15.0 Å². The number of amides is 1. The van der Waals surface area contributed by atoms with E-state index in [9.17, 15) is 14.4 Å². The number of ether oxygens (including phenoxy) is 2. The number of carbonyl (C=O) groups excluding carboxylic acids is 3. The highest BCUT2D eigenvalue weighted by molar-refractivity contribution is 6.02. The fraction of sp³-hybridized carbons (Fsp3) is 0.286. The first-order chi connectivity index (χ1) is 13.5. The van der Waals surface area contributed by atoms with Gasteiger partial charge in [0.25, 0.3) is 5.91 Å². The molecular formula is C21H22N2O5. The molecule has 0 atom stereocenters. The van der Waals surface area contributed by atoms with Crippen molar-refractivity contribution in [2.75, 3.05) is 37.7 Å². The van der Waals surface area contributed by atoms with Crippen molar-refractivity contribution in [1.29, 1.82) is 0 Å². The highest BCUT2D eigenvalue weighted by Gasteiger charge is 2.14. The Bertz CT molecular complexity index is 857. The van der Waals surface area contributed by atoms with E-state index in [1.54, 1.807) is 30.3 Å². The lowest BCUT2D eigenvalue weighted by Gasteiger charge is -2.28. The number of rotatable bonds is 6.